The second-order valence-corrected chi connectivity index (χ2v) is 7.51. The molecule has 2 fully saturated rings. The third-order valence-corrected chi connectivity index (χ3v) is 5.56. The highest BCUT2D eigenvalue weighted by Gasteiger charge is 2.43. The third kappa shape index (κ3) is 5.21. The summed E-state index contributed by atoms with van der Waals surface area (Å²) in [6.07, 6.45) is 7.76. The molecule has 0 atom stereocenters. The lowest BCUT2D eigenvalue weighted by molar-refractivity contribution is 0.117. The zero-order valence-corrected chi connectivity index (χ0v) is 15.7. The molecule has 1 aromatic carbocycles. The number of benzene rings is 1. The Balaban J connectivity index is 1.33. The summed E-state index contributed by atoms with van der Waals surface area (Å²) >= 11 is 0. The van der Waals surface area contributed by atoms with Crippen LogP contribution in [0.3, 0.4) is 0 Å². The number of ether oxygens (including phenoxy) is 1. The van der Waals surface area contributed by atoms with Crippen LogP contribution in [0.5, 0.6) is 0 Å². The van der Waals surface area contributed by atoms with E-state index in [9.17, 15) is 0 Å². The Hall–Kier alpha value is -1.55. The Morgan fingerprint density at radius 1 is 1.20 bits per heavy atom. The minimum absolute atomic E-state index is 0.626. The standard InChI is InChI=1S/C21H33N3O/c1-2-22-20(24-15-13-21(18-24)11-8-12-21)23-14-6-7-16-25-17-19-9-4-3-5-10-19/h3-5,9-10H,2,6-8,11-18H2,1H3,(H,22,23). The number of guanidine groups is 1. The number of unbranched alkanes of at least 4 members (excludes halogenated alkanes) is 1. The largest absolute Gasteiger partial charge is 0.377 e. The summed E-state index contributed by atoms with van der Waals surface area (Å²) in [5.41, 5.74) is 1.87. The van der Waals surface area contributed by atoms with E-state index in [1.165, 1.54) is 44.3 Å². The molecule has 25 heavy (non-hydrogen) atoms. The van der Waals surface area contributed by atoms with Crippen molar-refractivity contribution in [1.82, 2.24) is 10.2 Å². The lowest BCUT2D eigenvalue weighted by atomic mass is 9.68. The topological polar surface area (TPSA) is 36.9 Å². The quantitative estimate of drug-likeness (QED) is 0.443. The van der Waals surface area contributed by atoms with Gasteiger partial charge in [-0.25, -0.2) is 0 Å². The van der Waals surface area contributed by atoms with Crippen molar-refractivity contribution < 1.29 is 4.74 Å². The van der Waals surface area contributed by atoms with E-state index in [1.807, 2.05) is 6.07 Å². The van der Waals surface area contributed by atoms with Gasteiger partial charge < -0.3 is 15.0 Å². The van der Waals surface area contributed by atoms with E-state index >= 15 is 0 Å². The van der Waals surface area contributed by atoms with E-state index in [-0.39, 0.29) is 0 Å². The van der Waals surface area contributed by atoms with Gasteiger partial charge in [0.15, 0.2) is 5.96 Å². The Morgan fingerprint density at radius 2 is 2.04 bits per heavy atom. The maximum Gasteiger partial charge on any atom is 0.193 e. The van der Waals surface area contributed by atoms with Crippen LogP contribution in [-0.4, -0.2) is 43.6 Å². The molecule has 1 N–H and O–H groups in total. The molecule has 1 aliphatic carbocycles. The summed E-state index contributed by atoms with van der Waals surface area (Å²) in [4.78, 5) is 7.33. The molecule has 0 radical (unpaired) electrons. The van der Waals surface area contributed by atoms with Gasteiger partial charge in [0, 0.05) is 32.8 Å². The van der Waals surface area contributed by atoms with Gasteiger partial charge in [-0.15, -0.1) is 0 Å². The van der Waals surface area contributed by atoms with Crippen LogP contribution in [0.2, 0.25) is 0 Å². The summed E-state index contributed by atoms with van der Waals surface area (Å²) in [5, 5.41) is 3.48. The number of likely N-dealkylation sites (tertiary alicyclic amines) is 1. The zero-order chi connectivity index (χ0) is 17.4. The molecule has 4 heteroatoms. The molecule has 0 amide bonds. The van der Waals surface area contributed by atoms with Crippen LogP contribution in [0.25, 0.3) is 0 Å². The van der Waals surface area contributed by atoms with Crippen LogP contribution < -0.4 is 5.32 Å². The summed E-state index contributed by atoms with van der Waals surface area (Å²) in [6.45, 7) is 7.90. The summed E-state index contributed by atoms with van der Waals surface area (Å²) in [7, 11) is 0. The fourth-order valence-corrected chi connectivity index (χ4v) is 3.89. The average Bonchev–Trinajstić information content (AvgIpc) is 3.07. The molecule has 4 nitrogen and oxygen atoms in total. The predicted molar refractivity (Wildman–Crippen MR) is 104 cm³/mol. The maximum atomic E-state index is 5.75. The summed E-state index contributed by atoms with van der Waals surface area (Å²) in [5.74, 6) is 1.12. The smallest absolute Gasteiger partial charge is 0.193 e. The summed E-state index contributed by atoms with van der Waals surface area (Å²) in [6, 6.07) is 10.4. The van der Waals surface area contributed by atoms with Crippen molar-refractivity contribution in [2.75, 3.05) is 32.8 Å². The average molecular weight is 344 g/mol. The normalized spacial score (nSPS) is 19.2. The molecule has 138 valence electrons. The molecule has 1 heterocycles. The second kappa shape index (κ2) is 9.23. The first-order valence-corrected chi connectivity index (χ1v) is 9.96. The lowest BCUT2D eigenvalue weighted by Crippen LogP contribution is -2.42. The van der Waals surface area contributed by atoms with Crippen molar-refractivity contribution in [3.63, 3.8) is 0 Å². The van der Waals surface area contributed by atoms with Gasteiger partial charge in [0.2, 0.25) is 0 Å². The number of nitrogens with zero attached hydrogens (tertiary/aromatic N) is 2. The summed E-state index contributed by atoms with van der Waals surface area (Å²) < 4.78 is 5.75. The highest BCUT2D eigenvalue weighted by atomic mass is 16.5. The van der Waals surface area contributed by atoms with Gasteiger partial charge in [0.25, 0.3) is 0 Å². The first-order chi connectivity index (χ1) is 12.3. The highest BCUT2D eigenvalue weighted by Crippen LogP contribution is 2.47. The second-order valence-electron chi connectivity index (χ2n) is 7.51. The van der Waals surface area contributed by atoms with Crippen molar-refractivity contribution in [2.45, 2.75) is 52.1 Å². The molecule has 1 aromatic rings. The van der Waals surface area contributed by atoms with Gasteiger partial charge in [0.05, 0.1) is 6.61 Å². The number of nitrogens with one attached hydrogen (secondary N) is 1. The number of hydrogen-bond donors (Lipinski definition) is 1. The van der Waals surface area contributed by atoms with E-state index in [2.05, 4.69) is 41.4 Å². The Bertz CT molecular complexity index is 539. The number of hydrogen-bond acceptors (Lipinski definition) is 2. The SMILES string of the molecule is CCNC(=NCCCCOCc1ccccc1)N1CCC2(CCC2)C1. The molecule has 0 bridgehead atoms. The van der Waals surface area contributed by atoms with Gasteiger partial charge in [-0.3, -0.25) is 4.99 Å². The Morgan fingerprint density at radius 3 is 2.72 bits per heavy atom. The van der Waals surface area contributed by atoms with Crippen LogP contribution in [0.4, 0.5) is 0 Å². The van der Waals surface area contributed by atoms with Crippen LogP contribution in [0.15, 0.2) is 35.3 Å². The number of rotatable bonds is 8. The fraction of sp³-hybridized carbons (Fsp3) is 0.667. The number of aliphatic imine (C=N–C) groups is 1. The van der Waals surface area contributed by atoms with Gasteiger partial charge in [0.1, 0.15) is 0 Å². The molecule has 3 rings (SSSR count). The first-order valence-electron chi connectivity index (χ1n) is 9.96. The minimum atomic E-state index is 0.626. The van der Waals surface area contributed by atoms with E-state index in [1.54, 1.807) is 0 Å². The van der Waals surface area contributed by atoms with Crippen LogP contribution in [-0.2, 0) is 11.3 Å². The van der Waals surface area contributed by atoms with Gasteiger partial charge in [-0.1, -0.05) is 36.8 Å². The molecule has 0 aromatic heterocycles. The van der Waals surface area contributed by atoms with Crippen LogP contribution in [0, 0.1) is 5.41 Å². The first kappa shape index (κ1) is 18.2. The van der Waals surface area contributed by atoms with Gasteiger partial charge in [-0.05, 0) is 50.0 Å². The molecule has 1 aliphatic heterocycles. The minimum Gasteiger partial charge on any atom is -0.377 e. The molecular weight excluding hydrogens is 310 g/mol. The molecule has 1 saturated carbocycles. The third-order valence-electron chi connectivity index (χ3n) is 5.56. The molecule has 1 saturated heterocycles. The van der Waals surface area contributed by atoms with E-state index in [0.29, 0.717) is 12.0 Å². The Kier molecular flexibility index (Phi) is 6.74. The van der Waals surface area contributed by atoms with Crippen LogP contribution >= 0.6 is 0 Å². The molecular formula is C21H33N3O. The van der Waals surface area contributed by atoms with Crippen molar-refractivity contribution in [1.29, 1.82) is 0 Å². The predicted octanol–water partition coefficient (Wildman–Crippen LogP) is 3.82. The van der Waals surface area contributed by atoms with Crippen molar-refractivity contribution in [3.05, 3.63) is 35.9 Å². The van der Waals surface area contributed by atoms with E-state index < -0.39 is 0 Å². The van der Waals surface area contributed by atoms with E-state index in [0.717, 1.165) is 38.5 Å². The molecule has 2 aliphatic rings. The van der Waals surface area contributed by atoms with Gasteiger partial charge in [-0.2, -0.15) is 0 Å². The highest BCUT2D eigenvalue weighted by molar-refractivity contribution is 5.80. The molecule has 1 spiro atoms. The van der Waals surface area contributed by atoms with Crippen molar-refractivity contribution in [2.24, 2.45) is 10.4 Å². The molecule has 0 unspecified atom stereocenters. The van der Waals surface area contributed by atoms with Crippen molar-refractivity contribution in [3.8, 4) is 0 Å². The fourth-order valence-electron chi connectivity index (χ4n) is 3.89. The van der Waals surface area contributed by atoms with Crippen molar-refractivity contribution >= 4 is 5.96 Å². The Labute approximate surface area is 152 Å². The monoisotopic (exact) mass is 343 g/mol. The zero-order valence-electron chi connectivity index (χ0n) is 15.7. The van der Waals surface area contributed by atoms with Gasteiger partial charge >= 0.3 is 0 Å². The van der Waals surface area contributed by atoms with Crippen LogP contribution in [0.1, 0.15) is 51.0 Å². The maximum absolute atomic E-state index is 5.75. The lowest BCUT2D eigenvalue weighted by Gasteiger charge is -2.38. The van der Waals surface area contributed by atoms with E-state index in [4.69, 9.17) is 9.73 Å².